The van der Waals surface area contributed by atoms with Crippen LogP contribution in [-0.2, 0) is 10.2 Å². The van der Waals surface area contributed by atoms with Crippen LogP contribution < -0.4 is 5.32 Å². The quantitative estimate of drug-likeness (QED) is 0.667. The lowest BCUT2D eigenvalue weighted by Crippen LogP contribution is -2.44. The molecule has 0 saturated carbocycles. The molecule has 1 N–H and O–H groups in total. The average Bonchev–Trinajstić information content (AvgIpc) is 3.04. The van der Waals surface area contributed by atoms with Crippen LogP contribution in [0, 0.1) is 0 Å². The second kappa shape index (κ2) is 7.81. The Morgan fingerprint density at radius 2 is 1.75 bits per heavy atom. The van der Waals surface area contributed by atoms with E-state index in [1.54, 1.807) is 6.20 Å². The molecule has 0 bridgehead atoms. The van der Waals surface area contributed by atoms with Gasteiger partial charge in [0.2, 0.25) is 5.91 Å². The Kier molecular flexibility index (Phi) is 5.07. The first-order valence-electron chi connectivity index (χ1n) is 9.82. The van der Waals surface area contributed by atoms with Crippen LogP contribution in [-0.4, -0.2) is 17.4 Å². The van der Waals surface area contributed by atoms with Crippen molar-refractivity contribution in [3.05, 3.63) is 95.7 Å². The van der Waals surface area contributed by atoms with Gasteiger partial charge in [-0.05, 0) is 35.6 Å². The van der Waals surface area contributed by atoms with Crippen molar-refractivity contribution in [2.45, 2.75) is 25.2 Å². The summed E-state index contributed by atoms with van der Waals surface area (Å²) in [6.45, 7) is 2.74. The molecule has 4 rings (SSSR count). The monoisotopic (exact) mass is 368 g/mol. The van der Waals surface area contributed by atoms with Crippen LogP contribution in [0.25, 0.3) is 17.3 Å². The zero-order valence-electron chi connectivity index (χ0n) is 16.1. The maximum absolute atomic E-state index is 13.5. The summed E-state index contributed by atoms with van der Waals surface area (Å²) in [5.41, 5.74) is 4.37. The molecule has 0 saturated heterocycles. The number of benzene rings is 2. The summed E-state index contributed by atoms with van der Waals surface area (Å²) in [4.78, 5) is 18.1. The first kappa shape index (κ1) is 18.2. The van der Waals surface area contributed by atoms with E-state index in [-0.39, 0.29) is 5.91 Å². The summed E-state index contributed by atoms with van der Waals surface area (Å²) in [5, 5.41) is 3.14. The molecule has 3 heteroatoms. The van der Waals surface area contributed by atoms with E-state index < -0.39 is 5.41 Å². The molecule has 1 atom stereocenters. The van der Waals surface area contributed by atoms with Crippen LogP contribution in [0.4, 0.5) is 0 Å². The van der Waals surface area contributed by atoms with Crippen molar-refractivity contribution in [2.24, 2.45) is 0 Å². The number of aromatic nitrogens is 1. The maximum atomic E-state index is 13.5. The normalized spacial score (nSPS) is 17.3. The lowest BCUT2D eigenvalue weighted by atomic mass is 9.74. The lowest BCUT2D eigenvalue weighted by Gasteiger charge is -2.29. The van der Waals surface area contributed by atoms with E-state index in [2.05, 4.69) is 53.6 Å². The topological polar surface area (TPSA) is 42.0 Å². The Morgan fingerprint density at radius 1 is 1.00 bits per heavy atom. The highest BCUT2D eigenvalue weighted by atomic mass is 16.2. The van der Waals surface area contributed by atoms with Gasteiger partial charge in [0.05, 0.1) is 5.69 Å². The molecule has 1 amide bonds. The van der Waals surface area contributed by atoms with Gasteiger partial charge in [0.1, 0.15) is 5.41 Å². The Labute approximate surface area is 166 Å². The van der Waals surface area contributed by atoms with Crippen LogP contribution in [0.15, 0.2) is 79.0 Å². The van der Waals surface area contributed by atoms with Gasteiger partial charge in [0.25, 0.3) is 0 Å². The van der Waals surface area contributed by atoms with Gasteiger partial charge in [-0.15, -0.1) is 0 Å². The summed E-state index contributed by atoms with van der Waals surface area (Å²) >= 11 is 0. The van der Waals surface area contributed by atoms with Crippen LogP contribution in [0.3, 0.4) is 0 Å². The molecule has 0 radical (unpaired) electrons. The fraction of sp³-hybridized carbons (Fsp3) is 0.200. The van der Waals surface area contributed by atoms with E-state index in [0.29, 0.717) is 13.0 Å². The van der Waals surface area contributed by atoms with Crippen molar-refractivity contribution in [3.8, 4) is 11.3 Å². The van der Waals surface area contributed by atoms with Gasteiger partial charge in [-0.1, -0.05) is 79.7 Å². The molecule has 1 heterocycles. The van der Waals surface area contributed by atoms with Crippen molar-refractivity contribution in [1.29, 1.82) is 0 Å². The molecular formula is C25H24N2O. The summed E-state index contributed by atoms with van der Waals surface area (Å²) in [6, 6.07) is 22.3. The SMILES string of the molecule is CCCNC(=O)C1(CC=Cc2ccccc2)c2ccccc2-c2ncccc21. The summed E-state index contributed by atoms with van der Waals surface area (Å²) in [7, 11) is 0. The van der Waals surface area contributed by atoms with Crippen LogP contribution in [0.1, 0.15) is 36.5 Å². The number of hydrogen-bond acceptors (Lipinski definition) is 2. The summed E-state index contributed by atoms with van der Waals surface area (Å²) in [6.07, 6.45) is 7.50. The number of amides is 1. The Morgan fingerprint density at radius 3 is 2.57 bits per heavy atom. The van der Waals surface area contributed by atoms with Crippen LogP contribution in [0.2, 0.25) is 0 Å². The molecule has 1 aliphatic carbocycles. The lowest BCUT2D eigenvalue weighted by molar-refractivity contribution is -0.125. The van der Waals surface area contributed by atoms with E-state index in [4.69, 9.17) is 0 Å². The molecule has 140 valence electrons. The molecule has 3 nitrogen and oxygen atoms in total. The Bertz CT molecular complexity index is 962. The second-order valence-electron chi connectivity index (χ2n) is 7.12. The van der Waals surface area contributed by atoms with Gasteiger partial charge in [0, 0.05) is 18.3 Å². The molecule has 2 aromatic carbocycles. The minimum absolute atomic E-state index is 0.0475. The molecule has 0 aliphatic heterocycles. The van der Waals surface area contributed by atoms with Crippen molar-refractivity contribution < 1.29 is 4.79 Å². The zero-order valence-corrected chi connectivity index (χ0v) is 16.1. The van der Waals surface area contributed by atoms with E-state index >= 15 is 0 Å². The standard InChI is InChI=1S/C25H24N2O/c1-2-17-27-24(28)25(16-8-12-19-10-4-3-5-11-19)21-14-7-6-13-20(21)23-22(25)15-9-18-26-23/h3-15,18H,2,16-17H2,1H3,(H,27,28). The Balaban J connectivity index is 1.82. The highest BCUT2D eigenvalue weighted by Gasteiger charge is 2.48. The molecule has 1 aromatic heterocycles. The van der Waals surface area contributed by atoms with E-state index in [9.17, 15) is 4.79 Å². The fourth-order valence-electron chi connectivity index (χ4n) is 4.05. The highest BCUT2D eigenvalue weighted by Crippen LogP contribution is 2.50. The van der Waals surface area contributed by atoms with Crippen molar-refractivity contribution in [1.82, 2.24) is 10.3 Å². The third-order valence-electron chi connectivity index (χ3n) is 5.37. The number of nitrogens with zero attached hydrogens (tertiary/aromatic N) is 1. The number of fused-ring (bicyclic) bond motifs is 3. The number of nitrogens with one attached hydrogen (secondary N) is 1. The van der Waals surface area contributed by atoms with Gasteiger partial charge in [-0.25, -0.2) is 0 Å². The zero-order chi connectivity index (χ0) is 19.4. The fourth-order valence-corrected chi connectivity index (χ4v) is 4.05. The third-order valence-corrected chi connectivity index (χ3v) is 5.37. The van der Waals surface area contributed by atoms with Crippen molar-refractivity contribution in [3.63, 3.8) is 0 Å². The number of pyridine rings is 1. The molecule has 1 unspecified atom stereocenters. The highest BCUT2D eigenvalue weighted by molar-refractivity contribution is 6.00. The summed E-state index contributed by atoms with van der Waals surface area (Å²) in [5.74, 6) is 0.0475. The van der Waals surface area contributed by atoms with Gasteiger partial charge in [-0.2, -0.15) is 0 Å². The predicted octanol–water partition coefficient (Wildman–Crippen LogP) is 4.98. The number of carbonyl (C=O) groups is 1. The van der Waals surface area contributed by atoms with E-state index in [0.717, 1.165) is 34.4 Å². The number of allylic oxidation sites excluding steroid dienone is 1. The molecule has 0 fully saturated rings. The molecule has 1 aliphatic rings. The molecule has 3 aromatic rings. The van der Waals surface area contributed by atoms with Gasteiger partial charge >= 0.3 is 0 Å². The third kappa shape index (κ3) is 3.03. The van der Waals surface area contributed by atoms with Gasteiger partial charge in [0.15, 0.2) is 0 Å². The summed E-state index contributed by atoms with van der Waals surface area (Å²) < 4.78 is 0. The van der Waals surface area contributed by atoms with Crippen LogP contribution in [0.5, 0.6) is 0 Å². The van der Waals surface area contributed by atoms with Gasteiger partial charge in [-0.3, -0.25) is 9.78 Å². The first-order chi connectivity index (χ1) is 13.8. The van der Waals surface area contributed by atoms with E-state index in [1.165, 1.54) is 0 Å². The number of carbonyl (C=O) groups excluding carboxylic acids is 1. The first-order valence-corrected chi connectivity index (χ1v) is 9.82. The van der Waals surface area contributed by atoms with E-state index in [1.807, 2.05) is 42.5 Å². The predicted molar refractivity (Wildman–Crippen MR) is 114 cm³/mol. The number of hydrogen-bond donors (Lipinski definition) is 1. The minimum Gasteiger partial charge on any atom is -0.355 e. The largest absolute Gasteiger partial charge is 0.355 e. The van der Waals surface area contributed by atoms with Crippen molar-refractivity contribution >= 4 is 12.0 Å². The Hall–Kier alpha value is -3.20. The molecule has 28 heavy (non-hydrogen) atoms. The average molecular weight is 368 g/mol. The van der Waals surface area contributed by atoms with Gasteiger partial charge < -0.3 is 5.32 Å². The minimum atomic E-state index is -0.749. The van der Waals surface area contributed by atoms with Crippen molar-refractivity contribution in [2.75, 3.05) is 6.54 Å². The van der Waals surface area contributed by atoms with Crippen LogP contribution >= 0.6 is 0 Å². The maximum Gasteiger partial charge on any atom is 0.235 e. The molecule has 0 spiro atoms. The number of rotatable bonds is 6. The smallest absolute Gasteiger partial charge is 0.235 e. The molecular weight excluding hydrogens is 344 g/mol. The second-order valence-corrected chi connectivity index (χ2v) is 7.12.